The minimum absolute atomic E-state index is 0.0982. The maximum absolute atomic E-state index is 11.5. The van der Waals surface area contributed by atoms with Gasteiger partial charge in [-0.2, -0.15) is 0 Å². The molecule has 2 aromatic rings. The van der Waals surface area contributed by atoms with Crippen LogP contribution in [-0.4, -0.2) is 18.1 Å². The number of amides is 2. The molecule has 3 N–H and O–H groups in total. The summed E-state index contributed by atoms with van der Waals surface area (Å²) >= 11 is 0. The van der Waals surface area contributed by atoms with Crippen molar-refractivity contribution < 1.29 is 4.79 Å². The van der Waals surface area contributed by atoms with Gasteiger partial charge in [0.25, 0.3) is 0 Å². The number of carbonyl (C=O) groups excluding carboxylic acids is 1. The minimum Gasteiger partial charge on any atom is -0.356 e. The van der Waals surface area contributed by atoms with E-state index >= 15 is 0 Å². The first-order valence-electron chi connectivity index (χ1n) is 7.37. The standard InChI is InChI=1S/C14H17N3O.C2H6/c1-15-14(18)17-12-8-4-6-10-9-5-2-3-7-11(9)16-13(10)12;1-2/h2-3,5,7,12,16H,4,6,8H2,1H3,(H2,15,17,18);1-2H3. The number of aromatic nitrogens is 1. The molecule has 0 bridgehead atoms. The van der Waals surface area contributed by atoms with Crippen LogP contribution in [0.2, 0.25) is 0 Å². The van der Waals surface area contributed by atoms with Crippen molar-refractivity contribution >= 4 is 16.9 Å². The Balaban J connectivity index is 0.000000704. The Bertz CT molecular complexity index is 588. The summed E-state index contributed by atoms with van der Waals surface area (Å²) in [6.07, 6.45) is 3.20. The fourth-order valence-corrected chi connectivity index (χ4v) is 2.79. The van der Waals surface area contributed by atoms with E-state index in [1.54, 1.807) is 7.05 Å². The molecule has 1 heterocycles. The van der Waals surface area contributed by atoms with Crippen molar-refractivity contribution in [3.05, 3.63) is 35.5 Å². The zero-order chi connectivity index (χ0) is 14.5. The average Bonchev–Trinajstić information content (AvgIpc) is 2.89. The number of H-pyrrole nitrogens is 1. The molecule has 0 fully saturated rings. The van der Waals surface area contributed by atoms with Crippen molar-refractivity contribution in [3.63, 3.8) is 0 Å². The van der Waals surface area contributed by atoms with E-state index in [9.17, 15) is 4.79 Å². The third-order valence-corrected chi connectivity index (χ3v) is 3.65. The van der Waals surface area contributed by atoms with Crippen LogP contribution in [-0.2, 0) is 6.42 Å². The van der Waals surface area contributed by atoms with Crippen LogP contribution >= 0.6 is 0 Å². The molecule has 0 radical (unpaired) electrons. The number of nitrogens with one attached hydrogen (secondary N) is 3. The lowest BCUT2D eigenvalue weighted by atomic mass is 9.92. The summed E-state index contributed by atoms with van der Waals surface area (Å²) in [5.41, 5.74) is 3.69. The quantitative estimate of drug-likeness (QED) is 0.731. The lowest BCUT2D eigenvalue weighted by Gasteiger charge is -2.23. The maximum atomic E-state index is 11.5. The first-order valence-corrected chi connectivity index (χ1v) is 7.37. The summed E-state index contributed by atoms with van der Waals surface area (Å²) in [7, 11) is 1.64. The molecule has 0 spiro atoms. The third-order valence-electron chi connectivity index (χ3n) is 3.65. The summed E-state index contributed by atoms with van der Waals surface area (Å²) in [6, 6.07) is 8.31. The molecule has 1 aliphatic carbocycles. The zero-order valence-corrected chi connectivity index (χ0v) is 12.4. The molecule has 3 rings (SSSR count). The largest absolute Gasteiger partial charge is 0.356 e. The second kappa shape index (κ2) is 6.46. The van der Waals surface area contributed by atoms with Crippen LogP contribution in [0.3, 0.4) is 0 Å². The number of para-hydroxylation sites is 1. The molecule has 20 heavy (non-hydrogen) atoms. The van der Waals surface area contributed by atoms with Gasteiger partial charge in [0.05, 0.1) is 6.04 Å². The predicted octanol–water partition coefficient (Wildman–Crippen LogP) is 3.50. The number of aromatic amines is 1. The maximum Gasteiger partial charge on any atom is 0.315 e. The Kier molecular flexibility index (Phi) is 4.66. The Morgan fingerprint density at radius 2 is 2.05 bits per heavy atom. The highest BCUT2D eigenvalue weighted by molar-refractivity contribution is 5.85. The van der Waals surface area contributed by atoms with E-state index in [4.69, 9.17) is 0 Å². The monoisotopic (exact) mass is 273 g/mol. The topological polar surface area (TPSA) is 56.9 Å². The molecule has 2 amide bonds. The van der Waals surface area contributed by atoms with E-state index in [0.29, 0.717) is 0 Å². The van der Waals surface area contributed by atoms with Crippen molar-refractivity contribution in [1.82, 2.24) is 15.6 Å². The number of hydrogen-bond donors (Lipinski definition) is 3. The molecule has 4 heteroatoms. The molecule has 1 aromatic heterocycles. The fraction of sp³-hybridized carbons (Fsp3) is 0.438. The fourth-order valence-electron chi connectivity index (χ4n) is 2.79. The van der Waals surface area contributed by atoms with Gasteiger partial charge in [0, 0.05) is 23.6 Å². The van der Waals surface area contributed by atoms with Gasteiger partial charge in [-0.1, -0.05) is 32.0 Å². The van der Waals surface area contributed by atoms with Gasteiger partial charge >= 0.3 is 6.03 Å². The Hall–Kier alpha value is -1.97. The number of carbonyl (C=O) groups is 1. The van der Waals surface area contributed by atoms with Crippen LogP contribution in [0.5, 0.6) is 0 Å². The summed E-state index contributed by atoms with van der Waals surface area (Å²) in [5, 5.41) is 6.91. The number of rotatable bonds is 1. The molecule has 1 aliphatic rings. The van der Waals surface area contributed by atoms with Crippen LogP contribution in [0, 0.1) is 0 Å². The van der Waals surface area contributed by atoms with Crippen molar-refractivity contribution in [1.29, 1.82) is 0 Å². The highest BCUT2D eigenvalue weighted by atomic mass is 16.2. The van der Waals surface area contributed by atoms with Crippen molar-refractivity contribution in [2.24, 2.45) is 0 Å². The summed E-state index contributed by atoms with van der Waals surface area (Å²) in [6.45, 7) is 4.00. The molecule has 0 aliphatic heterocycles. The highest BCUT2D eigenvalue weighted by Gasteiger charge is 2.24. The molecule has 1 aromatic carbocycles. The van der Waals surface area contributed by atoms with E-state index in [1.807, 2.05) is 19.9 Å². The van der Waals surface area contributed by atoms with Crippen molar-refractivity contribution in [2.75, 3.05) is 7.05 Å². The van der Waals surface area contributed by atoms with E-state index in [0.717, 1.165) is 24.8 Å². The van der Waals surface area contributed by atoms with Gasteiger partial charge in [0.15, 0.2) is 0 Å². The van der Waals surface area contributed by atoms with Crippen LogP contribution in [0.25, 0.3) is 10.9 Å². The molecule has 0 saturated heterocycles. The summed E-state index contributed by atoms with van der Waals surface area (Å²) in [4.78, 5) is 14.9. The van der Waals surface area contributed by atoms with Crippen LogP contribution in [0.1, 0.15) is 44.0 Å². The first-order chi connectivity index (χ1) is 9.79. The molecule has 108 valence electrons. The molecule has 1 atom stereocenters. The second-order valence-electron chi connectivity index (χ2n) is 4.73. The smallest absolute Gasteiger partial charge is 0.315 e. The van der Waals surface area contributed by atoms with Gasteiger partial charge in [0.2, 0.25) is 0 Å². The third kappa shape index (κ3) is 2.64. The van der Waals surface area contributed by atoms with E-state index in [1.165, 1.54) is 16.6 Å². The Labute approximate surface area is 120 Å². The lowest BCUT2D eigenvalue weighted by molar-refractivity contribution is 0.237. The molecule has 0 saturated carbocycles. The van der Waals surface area contributed by atoms with Crippen LogP contribution in [0.15, 0.2) is 24.3 Å². The number of benzene rings is 1. The van der Waals surface area contributed by atoms with Gasteiger partial charge in [-0.25, -0.2) is 4.79 Å². The van der Waals surface area contributed by atoms with Crippen LogP contribution < -0.4 is 10.6 Å². The summed E-state index contributed by atoms with van der Waals surface area (Å²) in [5.74, 6) is 0. The van der Waals surface area contributed by atoms with Crippen molar-refractivity contribution in [3.8, 4) is 0 Å². The molecule has 1 unspecified atom stereocenters. The minimum atomic E-state index is -0.119. The number of aryl methyl sites for hydroxylation is 1. The van der Waals surface area contributed by atoms with Crippen molar-refractivity contribution in [2.45, 2.75) is 39.2 Å². The van der Waals surface area contributed by atoms with Gasteiger partial charge in [0.1, 0.15) is 0 Å². The lowest BCUT2D eigenvalue weighted by Crippen LogP contribution is -2.37. The second-order valence-corrected chi connectivity index (χ2v) is 4.73. The van der Waals surface area contributed by atoms with Gasteiger partial charge in [-0.05, 0) is 30.9 Å². The Morgan fingerprint density at radius 1 is 1.30 bits per heavy atom. The zero-order valence-electron chi connectivity index (χ0n) is 12.4. The van der Waals surface area contributed by atoms with E-state index in [2.05, 4.69) is 33.8 Å². The van der Waals surface area contributed by atoms with Gasteiger partial charge in [-0.15, -0.1) is 0 Å². The van der Waals surface area contributed by atoms with Crippen LogP contribution in [0.4, 0.5) is 4.79 Å². The predicted molar refractivity (Wildman–Crippen MR) is 82.9 cm³/mol. The van der Waals surface area contributed by atoms with Gasteiger partial charge < -0.3 is 15.6 Å². The first kappa shape index (κ1) is 14.4. The van der Waals surface area contributed by atoms with E-state index < -0.39 is 0 Å². The molecule has 4 nitrogen and oxygen atoms in total. The van der Waals surface area contributed by atoms with Gasteiger partial charge in [-0.3, -0.25) is 0 Å². The summed E-state index contributed by atoms with van der Waals surface area (Å²) < 4.78 is 0. The number of fused-ring (bicyclic) bond motifs is 3. The number of urea groups is 1. The molecular formula is C16H23N3O. The molecular weight excluding hydrogens is 250 g/mol. The SMILES string of the molecule is CC.CNC(=O)NC1CCCc2c1[nH]c1ccccc21. The number of hydrogen-bond acceptors (Lipinski definition) is 1. The Morgan fingerprint density at radius 3 is 2.80 bits per heavy atom. The van der Waals surface area contributed by atoms with E-state index in [-0.39, 0.29) is 12.1 Å². The average molecular weight is 273 g/mol. The normalized spacial score (nSPS) is 16.9. The highest BCUT2D eigenvalue weighted by Crippen LogP contribution is 2.34.